The summed E-state index contributed by atoms with van der Waals surface area (Å²) in [6.45, 7) is 4.65. The number of rotatable bonds is 4. The predicted octanol–water partition coefficient (Wildman–Crippen LogP) is 2.47. The van der Waals surface area contributed by atoms with Crippen molar-refractivity contribution in [1.29, 1.82) is 0 Å². The number of likely N-dealkylation sites (tertiary alicyclic amines) is 1. The second kappa shape index (κ2) is 8.14. The number of benzene rings is 1. The molecule has 2 aliphatic rings. The second-order valence-corrected chi connectivity index (χ2v) is 7.33. The minimum Gasteiger partial charge on any atom is -0.451 e. The van der Waals surface area contributed by atoms with Crippen LogP contribution in [0.3, 0.4) is 0 Å². The van der Waals surface area contributed by atoms with E-state index in [-0.39, 0.29) is 23.4 Å². The fourth-order valence-electron chi connectivity index (χ4n) is 3.74. The second-order valence-electron chi connectivity index (χ2n) is 7.33. The topological polar surface area (TPSA) is 57.0 Å². The summed E-state index contributed by atoms with van der Waals surface area (Å²) in [5.74, 6) is 0.540. The molecule has 7 heteroatoms. The molecule has 2 aromatic rings. The van der Waals surface area contributed by atoms with E-state index in [0.29, 0.717) is 38.5 Å². The minimum absolute atomic E-state index is 0.154. The molecular formula is C21H24FN3O3. The maximum absolute atomic E-state index is 13.1. The van der Waals surface area contributed by atoms with E-state index in [1.54, 1.807) is 29.2 Å². The number of piperazine rings is 1. The molecule has 1 aromatic carbocycles. The van der Waals surface area contributed by atoms with Gasteiger partial charge < -0.3 is 14.2 Å². The lowest BCUT2D eigenvalue weighted by Crippen LogP contribution is -2.51. The van der Waals surface area contributed by atoms with E-state index >= 15 is 0 Å². The minimum atomic E-state index is -0.312. The van der Waals surface area contributed by atoms with E-state index < -0.39 is 0 Å². The van der Waals surface area contributed by atoms with Gasteiger partial charge in [0.2, 0.25) is 5.91 Å². The van der Waals surface area contributed by atoms with Gasteiger partial charge in [-0.15, -0.1) is 0 Å². The summed E-state index contributed by atoms with van der Waals surface area (Å²) in [6, 6.07) is 9.36. The van der Waals surface area contributed by atoms with Crippen molar-refractivity contribution in [1.82, 2.24) is 14.7 Å². The van der Waals surface area contributed by atoms with E-state index in [1.807, 2.05) is 4.90 Å². The summed E-state index contributed by atoms with van der Waals surface area (Å²) in [5.41, 5.74) is 0.727. The van der Waals surface area contributed by atoms with Gasteiger partial charge in [-0.3, -0.25) is 14.5 Å². The average molecular weight is 385 g/mol. The van der Waals surface area contributed by atoms with Gasteiger partial charge in [-0.25, -0.2) is 4.39 Å². The molecule has 0 bridgehead atoms. The quantitative estimate of drug-likeness (QED) is 0.811. The van der Waals surface area contributed by atoms with Crippen molar-refractivity contribution < 1.29 is 18.4 Å². The van der Waals surface area contributed by atoms with Gasteiger partial charge in [-0.1, -0.05) is 0 Å². The van der Waals surface area contributed by atoms with E-state index in [9.17, 15) is 14.0 Å². The van der Waals surface area contributed by atoms with Crippen LogP contribution in [0.15, 0.2) is 40.8 Å². The smallest absolute Gasteiger partial charge is 0.289 e. The van der Waals surface area contributed by atoms with Gasteiger partial charge in [-0.2, -0.15) is 0 Å². The molecule has 0 unspecified atom stereocenters. The summed E-state index contributed by atoms with van der Waals surface area (Å²) < 4.78 is 18.8. The Kier molecular flexibility index (Phi) is 5.43. The SMILES string of the molecule is O=C(CN1CCN(C(=O)c2ccc(-c3ccc(F)cc3)o2)CC1)N1CCCC1. The highest BCUT2D eigenvalue weighted by Gasteiger charge is 2.27. The van der Waals surface area contributed by atoms with Crippen LogP contribution in [0.2, 0.25) is 0 Å². The molecular weight excluding hydrogens is 361 g/mol. The van der Waals surface area contributed by atoms with Gasteiger partial charge in [0, 0.05) is 44.8 Å². The average Bonchev–Trinajstić information content (AvgIpc) is 3.41. The van der Waals surface area contributed by atoms with Crippen LogP contribution in [0.4, 0.5) is 4.39 Å². The summed E-state index contributed by atoms with van der Waals surface area (Å²) >= 11 is 0. The molecule has 0 radical (unpaired) electrons. The van der Waals surface area contributed by atoms with Crippen molar-refractivity contribution in [2.45, 2.75) is 12.8 Å². The molecule has 2 amide bonds. The molecule has 3 heterocycles. The fourth-order valence-corrected chi connectivity index (χ4v) is 3.74. The number of amides is 2. The monoisotopic (exact) mass is 385 g/mol. The molecule has 0 spiro atoms. The third-order valence-electron chi connectivity index (χ3n) is 5.42. The van der Waals surface area contributed by atoms with Gasteiger partial charge in [0.1, 0.15) is 11.6 Å². The highest BCUT2D eigenvalue weighted by Crippen LogP contribution is 2.23. The Balaban J connectivity index is 1.31. The van der Waals surface area contributed by atoms with E-state index in [0.717, 1.165) is 31.5 Å². The van der Waals surface area contributed by atoms with Crippen LogP contribution >= 0.6 is 0 Å². The number of carbonyl (C=O) groups is 2. The third kappa shape index (κ3) is 4.09. The molecule has 6 nitrogen and oxygen atoms in total. The number of halogens is 1. The molecule has 148 valence electrons. The first-order valence-corrected chi connectivity index (χ1v) is 9.75. The molecule has 2 fully saturated rings. The van der Waals surface area contributed by atoms with Gasteiger partial charge in [0.15, 0.2) is 5.76 Å². The summed E-state index contributed by atoms with van der Waals surface area (Å²) in [5, 5.41) is 0. The molecule has 28 heavy (non-hydrogen) atoms. The zero-order valence-electron chi connectivity index (χ0n) is 15.8. The van der Waals surface area contributed by atoms with Crippen molar-refractivity contribution >= 4 is 11.8 Å². The van der Waals surface area contributed by atoms with Gasteiger partial charge in [0.25, 0.3) is 5.91 Å². The van der Waals surface area contributed by atoms with Crippen LogP contribution in [0.5, 0.6) is 0 Å². The lowest BCUT2D eigenvalue weighted by atomic mass is 10.2. The molecule has 2 saturated heterocycles. The van der Waals surface area contributed by atoms with Crippen molar-refractivity contribution in [3.05, 3.63) is 48.0 Å². The van der Waals surface area contributed by atoms with Crippen molar-refractivity contribution in [3.8, 4) is 11.3 Å². The first kappa shape index (κ1) is 18.7. The Hall–Kier alpha value is -2.67. The van der Waals surface area contributed by atoms with Crippen molar-refractivity contribution in [3.63, 3.8) is 0 Å². The largest absolute Gasteiger partial charge is 0.451 e. The molecule has 2 aliphatic heterocycles. The number of carbonyl (C=O) groups excluding carboxylic acids is 2. The lowest BCUT2D eigenvalue weighted by molar-refractivity contribution is -0.131. The van der Waals surface area contributed by atoms with Gasteiger partial charge >= 0.3 is 0 Å². The van der Waals surface area contributed by atoms with Crippen LogP contribution in [0, 0.1) is 5.82 Å². The van der Waals surface area contributed by atoms with E-state index in [1.165, 1.54) is 12.1 Å². The summed E-state index contributed by atoms with van der Waals surface area (Å²) in [7, 11) is 0. The first-order chi connectivity index (χ1) is 13.6. The number of hydrogen-bond acceptors (Lipinski definition) is 4. The van der Waals surface area contributed by atoms with Crippen LogP contribution in [-0.2, 0) is 4.79 Å². The van der Waals surface area contributed by atoms with E-state index in [4.69, 9.17) is 4.42 Å². The highest BCUT2D eigenvalue weighted by atomic mass is 19.1. The Bertz CT molecular complexity index is 835. The Morgan fingerprint density at radius 1 is 0.857 bits per heavy atom. The molecule has 0 atom stereocenters. The van der Waals surface area contributed by atoms with Crippen LogP contribution in [0.25, 0.3) is 11.3 Å². The van der Waals surface area contributed by atoms with Crippen molar-refractivity contribution in [2.24, 2.45) is 0 Å². The van der Waals surface area contributed by atoms with Crippen LogP contribution in [0.1, 0.15) is 23.4 Å². The normalized spacial score (nSPS) is 17.9. The number of furan rings is 1. The molecule has 4 rings (SSSR count). The molecule has 0 N–H and O–H groups in total. The van der Waals surface area contributed by atoms with Crippen molar-refractivity contribution in [2.75, 3.05) is 45.8 Å². The Morgan fingerprint density at radius 2 is 1.54 bits per heavy atom. The first-order valence-electron chi connectivity index (χ1n) is 9.75. The van der Waals surface area contributed by atoms with Crippen LogP contribution < -0.4 is 0 Å². The number of hydrogen-bond donors (Lipinski definition) is 0. The Morgan fingerprint density at radius 3 is 2.21 bits per heavy atom. The lowest BCUT2D eigenvalue weighted by Gasteiger charge is -2.34. The van der Waals surface area contributed by atoms with Crippen LogP contribution in [-0.4, -0.2) is 72.3 Å². The molecule has 0 saturated carbocycles. The Labute approximate surface area is 163 Å². The zero-order chi connectivity index (χ0) is 19.5. The summed E-state index contributed by atoms with van der Waals surface area (Å²) in [6.07, 6.45) is 2.19. The highest BCUT2D eigenvalue weighted by molar-refractivity contribution is 5.92. The zero-order valence-corrected chi connectivity index (χ0v) is 15.8. The fraction of sp³-hybridized carbons (Fsp3) is 0.429. The van der Waals surface area contributed by atoms with E-state index in [2.05, 4.69) is 4.90 Å². The van der Waals surface area contributed by atoms with Gasteiger partial charge in [0.05, 0.1) is 6.54 Å². The molecule has 1 aromatic heterocycles. The number of nitrogens with zero attached hydrogens (tertiary/aromatic N) is 3. The predicted molar refractivity (Wildman–Crippen MR) is 102 cm³/mol. The van der Waals surface area contributed by atoms with Gasteiger partial charge in [-0.05, 0) is 49.2 Å². The standard InChI is InChI=1S/C21H24FN3O3/c22-17-5-3-16(4-6-17)18-7-8-19(28-18)21(27)25-13-11-23(12-14-25)15-20(26)24-9-1-2-10-24/h3-8H,1-2,9-15H2. The third-order valence-corrected chi connectivity index (χ3v) is 5.42. The molecule has 0 aliphatic carbocycles. The maximum Gasteiger partial charge on any atom is 0.289 e. The maximum atomic E-state index is 13.1. The summed E-state index contributed by atoms with van der Waals surface area (Å²) in [4.78, 5) is 30.8.